The highest BCUT2D eigenvalue weighted by Crippen LogP contribution is 2.55. The van der Waals surface area contributed by atoms with Gasteiger partial charge in [-0.25, -0.2) is 9.97 Å². The molecule has 1 atom stereocenters. The first-order valence-electron chi connectivity index (χ1n) is 20.7. The number of hydrogen-bond donors (Lipinski definition) is 2. The van der Waals surface area contributed by atoms with E-state index in [1.807, 2.05) is 6.07 Å². The summed E-state index contributed by atoms with van der Waals surface area (Å²) in [6, 6.07) is 11.3. The summed E-state index contributed by atoms with van der Waals surface area (Å²) in [5.41, 5.74) is 1.48. The number of amides is 5. The first-order chi connectivity index (χ1) is 28.6. The number of nitriles is 1. The van der Waals surface area contributed by atoms with Crippen LogP contribution >= 0.6 is 11.6 Å². The molecule has 4 aliphatic heterocycles. The minimum atomic E-state index is -0.977. The molecule has 15 nitrogen and oxygen atoms in total. The van der Waals surface area contributed by atoms with E-state index in [4.69, 9.17) is 16.3 Å². The molecule has 0 spiro atoms. The van der Waals surface area contributed by atoms with Crippen LogP contribution in [0, 0.1) is 28.1 Å². The molecule has 3 saturated heterocycles. The van der Waals surface area contributed by atoms with Gasteiger partial charge in [0, 0.05) is 86.7 Å². The van der Waals surface area contributed by atoms with Crippen LogP contribution in [0.5, 0.6) is 5.75 Å². The summed E-state index contributed by atoms with van der Waals surface area (Å²) < 4.78 is 6.36. The fourth-order valence-corrected chi connectivity index (χ4v) is 10.3. The van der Waals surface area contributed by atoms with E-state index in [1.54, 1.807) is 42.7 Å². The largest absolute Gasteiger partial charge is 0.489 e. The maximum absolute atomic E-state index is 13.4. The Morgan fingerprint density at radius 2 is 1.58 bits per heavy atom. The van der Waals surface area contributed by atoms with Crippen LogP contribution in [0.3, 0.4) is 0 Å². The second kappa shape index (κ2) is 16.1. The van der Waals surface area contributed by atoms with Crippen LogP contribution in [-0.4, -0.2) is 113 Å². The van der Waals surface area contributed by atoms with E-state index in [-0.39, 0.29) is 47.3 Å². The standard InChI is InChI=1S/C44H50ClN9O6/c1-43(2)40(44(3,4)41(43)60-30-7-5-27(23-46)33(45)22-30)50-36(56)28-24-47-42(48-25-28)53-15-12-26(13-16-53)11-14-51-17-19-52(20-18-51)29-6-8-31-32(21-29)39(59)54(38(31)58)34-9-10-35(55)49-37(34)57/h5-8,21-22,24-26,34,40-41H,9-20H2,1-4H3,(H,50,56)(H,49,55,57). The summed E-state index contributed by atoms with van der Waals surface area (Å²) >= 11 is 6.24. The van der Waals surface area contributed by atoms with Crippen LogP contribution in [0.2, 0.25) is 5.02 Å². The molecule has 4 fully saturated rings. The van der Waals surface area contributed by atoms with Crippen LogP contribution in [0.1, 0.15) is 96.4 Å². The summed E-state index contributed by atoms with van der Waals surface area (Å²) in [5.74, 6) is -0.427. The van der Waals surface area contributed by atoms with Gasteiger partial charge in [-0.1, -0.05) is 39.3 Å². The van der Waals surface area contributed by atoms with Crippen molar-refractivity contribution in [2.45, 2.75) is 78.0 Å². The van der Waals surface area contributed by atoms with E-state index >= 15 is 0 Å². The van der Waals surface area contributed by atoms with E-state index < -0.39 is 29.7 Å². The summed E-state index contributed by atoms with van der Waals surface area (Å²) in [6.07, 6.45) is 6.38. The number of ether oxygens (including phenoxy) is 1. The van der Waals surface area contributed by atoms with Crippen molar-refractivity contribution < 1.29 is 28.7 Å². The lowest BCUT2D eigenvalue weighted by atomic mass is 9.49. The average molecular weight is 836 g/mol. The molecule has 1 unspecified atom stereocenters. The lowest BCUT2D eigenvalue weighted by molar-refractivity contribution is -0.164. The Labute approximate surface area is 354 Å². The summed E-state index contributed by atoms with van der Waals surface area (Å²) in [6.45, 7) is 14.3. The van der Waals surface area contributed by atoms with Gasteiger partial charge in [0.2, 0.25) is 17.8 Å². The van der Waals surface area contributed by atoms with Gasteiger partial charge < -0.3 is 19.9 Å². The van der Waals surface area contributed by atoms with Crippen molar-refractivity contribution in [1.82, 2.24) is 30.4 Å². The number of anilines is 2. The molecule has 8 rings (SSSR count). The number of carbonyl (C=O) groups is 5. The van der Waals surface area contributed by atoms with Gasteiger partial charge in [0.1, 0.15) is 24.0 Å². The molecule has 5 aliphatic rings. The third-order valence-electron chi connectivity index (χ3n) is 13.2. The van der Waals surface area contributed by atoms with E-state index in [0.717, 1.165) is 75.7 Å². The Balaban J connectivity index is 0.769. The predicted octanol–water partition coefficient (Wildman–Crippen LogP) is 4.44. The van der Waals surface area contributed by atoms with Crippen molar-refractivity contribution in [2.75, 3.05) is 55.6 Å². The molecule has 0 bridgehead atoms. The lowest BCUT2D eigenvalue weighted by Gasteiger charge is -2.63. The van der Waals surface area contributed by atoms with Gasteiger partial charge in [0.05, 0.1) is 27.3 Å². The molecule has 5 heterocycles. The minimum absolute atomic E-state index is 0.0878. The first-order valence-corrected chi connectivity index (χ1v) is 21.1. The van der Waals surface area contributed by atoms with Crippen molar-refractivity contribution in [3.8, 4) is 11.8 Å². The van der Waals surface area contributed by atoms with Crippen LogP contribution in [0.25, 0.3) is 0 Å². The topological polar surface area (TPSA) is 181 Å². The van der Waals surface area contributed by atoms with Crippen LogP contribution in [-0.2, 0) is 9.59 Å². The van der Waals surface area contributed by atoms with Crippen molar-refractivity contribution in [1.29, 1.82) is 5.26 Å². The molecule has 60 heavy (non-hydrogen) atoms. The van der Waals surface area contributed by atoms with Gasteiger partial charge in [0.15, 0.2) is 0 Å². The van der Waals surface area contributed by atoms with Crippen molar-refractivity contribution in [3.63, 3.8) is 0 Å². The number of benzene rings is 2. The molecule has 16 heteroatoms. The summed E-state index contributed by atoms with van der Waals surface area (Å²) in [5, 5.41) is 15.0. The normalized spacial score (nSPS) is 24.1. The molecule has 2 aromatic carbocycles. The van der Waals surface area contributed by atoms with Crippen molar-refractivity contribution in [3.05, 3.63) is 76.1 Å². The number of nitrogens with zero attached hydrogens (tertiary/aromatic N) is 7. The number of hydrogen-bond acceptors (Lipinski definition) is 12. The number of piperazine rings is 1. The Hall–Kier alpha value is -5.59. The monoisotopic (exact) mass is 835 g/mol. The zero-order valence-corrected chi connectivity index (χ0v) is 35.1. The number of rotatable bonds is 10. The number of nitrogens with one attached hydrogen (secondary N) is 2. The Kier molecular flexibility index (Phi) is 11.1. The maximum Gasteiger partial charge on any atom is 0.262 e. The van der Waals surface area contributed by atoms with Gasteiger partial charge in [-0.15, -0.1) is 0 Å². The van der Waals surface area contributed by atoms with Gasteiger partial charge in [0.25, 0.3) is 17.7 Å². The molecule has 3 aromatic rings. The molecular formula is C44H50ClN9O6. The Morgan fingerprint density at radius 3 is 2.23 bits per heavy atom. The molecule has 0 radical (unpaired) electrons. The predicted molar refractivity (Wildman–Crippen MR) is 223 cm³/mol. The number of fused-ring (bicyclic) bond motifs is 1. The Bertz CT molecular complexity index is 2240. The van der Waals surface area contributed by atoms with E-state index in [9.17, 15) is 29.2 Å². The van der Waals surface area contributed by atoms with E-state index in [1.165, 1.54) is 0 Å². The molecule has 314 valence electrons. The second-order valence-corrected chi connectivity index (χ2v) is 18.2. The zero-order chi connectivity index (χ0) is 42.5. The van der Waals surface area contributed by atoms with Crippen molar-refractivity contribution in [2.24, 2.45) is 16.7 Å². The minimum Gasteiger partial charge on any atom is -0.489 e. The van der Waals surface area contributed by atoms with Gasteiger partial charge in [-0.3, -0.25) is 39.1 Å². The molecule has 1 aromatic heterocycles. The number of piperidine rings is 2. The van der Waals surface area contributed by atoms with Crippen LogP contribution < -0.4 is 25.2 Å². The first kappa shape index (κ1) is 41.2. The Morgan fingerprint density at radius 1 is 0.900 bits per heavy atom. The smallest absolute Gasteiger partial charge is 0.262 e. The summed E-state index contributed by atoms with van der Waals surface area (Å²) in [7, 11) is 0. The average Bonchev–Trinajstić information content (AvgIpc) is 3.49. The highest BCUT2D eigenvalue weighted by atomic mass is 35.5. The molecule has 2 N–H and O–H groups in total. The van der Waals surface area contributed by atoms with Crippen molar-refractivity contribution >= 4 is 52.8 Å². The molecular weight excluding hydrogens is 786 g/mol. The molecule has 1 saturated carbocycles. The second-order valence-electron chi connectivity index (χ2n) is 17.8. The molecule has 1 aliphatic carbocycles. The number of imide groups is 2. The SMILES string of the molecule is CC1(C)C(NC(=O)c2cnc(N3CCC(CCN4CCN(c5ccc6c(c5)C(=O)N(C5CCC(=O)NC5=O)C6=O)CC4)CC3)nc2)C(C)(C)C1Oc1ccc(C#N)c(Cl)c1. The molecule has 5 amide bonds. The number of carbonyl (C=O) groups excluding carboxylic acids is 5. The maximum atomic E-state index is 13.4. The fourth-order valence-electron chi connectivity index (χ4n) is 10.1. The van der Waals surface area contributed by atoms with Crippen LogP contribution in [0.15, 0.2) is 48.8 Å². The van der Waals surface area contributed by atoms with Crippen LogP contribution in [0.4, 0.5) is 11.6 Å². The fraction of sp³-hybridized carbons (Fsp3) is 0.500. The van der Waals surface area contributed by atoms with E-state index in [2.05, 4.69) is 69.1 Å². The third-order valence-corrected chi connectivity index (χ3v) is 13.6. The highest BCUT2D eigenvalue weighted by Gasteiger charge is 2.64. The highest BCUT2D eigenvalue weighted by molar-refractivity contribution is 6.31. The lowest BCUT2D eigenvalue weighted by Crippen LogP contribution is -2.74. The van der Waals surface area contributed by atoms with Gasteiger partial charge in [-0.05, 0) is 68.5 Å². The number of halogens is 1. The van der Waals surface area contributed by atoms with E-state index in [0.29, 0.717) is 39.3 Å². The van der Waals surface area contributed by atoms with Gasteiger partial charge in [-0.2, -0.15) is 5.26 Å². The van der Waals surface area contributed by atoms with Gasteiger partial charge >= 0.3 is 0 Å². The quantitative estimate of drug-likeness (QED) is 0.275. The summed E-state index contributed by atoms with van der Waals surface area (Å²) in [4.78, 5) is 81.0. The number of aromatic nitrogens is 2. The third kappa shape index (κ3) is 7.67. The zero-order valence-electron chi connectivity index (χ0n) is 34.4.